The zero-order valence-electron chi connectivity index (χ0n) is 14.0. The first kappa shape index (κ1) is 16.0. The Morgan fingerprint density at radius 1 is 1.08 bits per heavy atom. The molecule has 0 saturated carbocycles. The maximum absolute atomic E-state index is 12.2. The number of rotatable bonds is 4. The second-order valence-corrected chi connectivity index (χ2v) is 5.55. The van der Waals surface area contributed by atoms with E-state index in [0.717, 1.165) is 11.0 Å². The number of hydrogen-bond acceptors (Lipinski definition) is 6. The van der Waals surface area contributed by atoms with Crippen molar-refractivity contribution in [3.8, 4) is 5.75 Å². The predicted octanol–water partition coefficient (Wildman–Crippen LogP) is 3.37. The van der Waals surface area contributed by atoms with E-state index in [1.807, 2.05) is 49.4 Å². The van der Waals surface area contributed by atoms with Gasteiger partial charge in [0.05, 0.1) is 35.1 Å². The van der Waals surface area contributed by atoms with Gasteiger partial charge in [0.15, 0.2) is 5.70 Å². The van der Waals surface area contributed by atoms with Crippen molar-refractivity contribution in [3.05, 3.63) is 71.7 Å². The lowest BCUT2D eigenvalue weighted by Crippen LogP contribution is -2.07. The summed E-state index contributed by atoms with van der Waals surface area (Å²) in [6, 6.07) is 14.8. The summed E-state index contributed by atoms with van der Waals surface area (Å²) in [4.78, 5) is 25.3. The quantitative estimate of drug-likeness (QED) is 0.535. The number of fused-ring (bicyclic) bond motifs is 1. The fourth-order valence-electron chi connectivity index (χ4n) is 2.63. The molecule has 3 aromatic rings. The van der Waals surface area contributed by atoms with E-state index >= 15 is 0 Å². The van der Waals surface area contributed by atoms with E-state index in [-0.39, 0.29) is 11.6 Å². The molecule has 0 atom stereocenters. The van der Waals surface area contributed by atoms with Crippen molar-refractivity contribution < 1.29 is 14.3 Å². The number of esters is 1. The SMILES string of the molecule is CCOc1ccccc1C1=N/C(=C\c2cnc3ccccc3n2)C(=O)O1. The minimum absolute atomic E-state index is 0.177. The van der Waals surface area contributed by atoms with Crippen molar-refractivity contribution >= 4 is 29.0 Å². The van der Waals surface area contributed by atoms with Gasteiger partial charge in [0, 0.05) is 0 Å². The van der Waals surface area contributed by atoms with Gasteiger partial charge in [0.1, 0.15) is 5.75 Å². The van der Waals surface area contributed by atoms with Crippen LogP contribution in [-0.4, -0.2) is 28.4 Å². The van der Waals surface area contributed by atoms with Crippen LogP contribution in [0, 0.1) is 0 Å². The molecule has 2 heterocycles. The fraction of sp³-hybridized carbons (Fsp3) is 0.100. The number of benzene rings is 2. The second kappa shape index (κ2) is 6.76. The van der Waals surface area contributed by atoms with Crippen LogP contribution in [0.1, 0.15) is 18.2 Å². The minimum Gasteiger partial charge on any atom is -0.493 e. The summed E-state index contributed by atoms with van der Waals surface area (Å²) in [6.45, 7) is 2.40. The molecule has 128 valence electrons. The Kier molecular flexibility index (Phi) is 4.15. The summed E-state index contributed by atoms with van der Waals surface area (Å²) in [6.07, 6.45) is 3.17. The predicted molar refractivity (Wildman–Crippen MR) is 97.8 cm³/mol. The highest BCUT2D eigenvalue weighted by molar-refractivity contribution is 6.13. The van der Waals surface area contributed by atoms with Crippen LogP contribution in [0.3, 0.4) is 0 Å². The van der Waals surface area contributed by atoms with Crippen LogP contribution < -0.4 is 4.74 Å². The van der Waals surface area contributed by atoms with Crippen molar-refractivity contribution in [2.45, 2.75) is 6.92 Å². The van der Waals surface area contributed by atoms with E-state index < -0.39 is 5.97 Å². The van der Waals surface area contributed by atoms with Crippen molar-refractivity contribution in [2.75, 3.05) is 6.61 Å². The minimum atomic E-state index is -0.527. The summed E-state index contributed by atoms with van der Waals surface area (Å²) in [5.41, 5.74) is 2.89. The van der Waals surface area contributed by atoms with E-state index in [1.165, 1.54) is 0 Å². The molecular weight excluding hydrogens is 330 g/mol. The third-order valence-electron chi connectivity index (χ3n) is 3.79. The summed E-state index contributed by atoms with van der Waals surface area (Å²) >= 11 is 0. The van der Waals surface area contributed by atoms with Gasteiger partial charge < -0.3 is 9.47 Å². The number of para-hydroxylation sites is 3. The number of aromatic nitrogens is 2. The Labute approximate surface area is 149 Å². The normalized spacial score (nSPS) is 15.2. The monoisotopic (exact) mass is 345 g/mol. The average molecular weight is 345 g/mol. The van der Waals surface area contributed by atoms with E-state index in [1.54, 1.807) is 18.3 Å². The smallest absolute Gasteiger partial charge is 0.363 e. The van der Waals surface area contributed by atoms with Gasteiger partial charge in [0.25, 0.3) is 0 Å². The molecule has 0 unspecified atom stereocenters. The van der Waals surface area contributed by atoms with Gasteiger partial charge in [-0.05, 0) is 37.3 Å². The average Bonchev–Trinajstić information content (AvgIpc) is 3.03. The lowest BCUT2D eigenvalue weighted by atomic mass is 10.2. The molecule has 1 aliphatic heterocycles. The molecule has 0 radical (unpaired) electrons. The first-order valence-corrected chi connectivity index (χ1v) is 8.21. The first-order chi connectivity index (χ1) is 12.7. The Bertz CT molecular complexity index is 1060. The molecule has 2 aromatic carbocycles. The maximum Gasteiger partial charge on any atom is 0.363 e. The van der Waals surface area contributed by atoms with Gasteiger partial charge in [-0.3, -0.25) is 4.98 Å². The zero-order valence-corrected chi connectivity index (χ0v) is 14.0. The van der Waals surface area contributed by atoms with Gasteiger partial charge in [-0.15, -0.1) is 0 Å². The summed E-state index contributed by atoms with van der Waals surface area (Å²) in [7, 11) is 0. The molecule has 6 nitrogen and oxygen atoms in total. The fourth-order valence-corrected chi connectivity index (χ4v) is 2.63. The van der Waals surface area contributed by atoms with Crippen molar-refractivity contribution in [1.82, 2.24) is 9.97 Å². The summed E-state index contributed by atoms with van der Waals surface area (Å²) in [5.74, 6) is 0.314. The van der Waals surface area contributed by atoms with Crippen LogP contribution in [0.25, 0.3) is 17.1 Å². The van der Waals surface area contributed by atoms with Crippen LogP contribution >= 0.6 is 0 Å². The highest BCUT2D eigenvalue weighted by Crippen LogP contribution is 2.25. The zero-order chi connectivity index (χ0) is 17.9. The third kappa shape index (κ3) is 3.04. The van der Waals surface area contributed by atoms with Gasteiger partial charge in [-0.1, -0.05) is 24.3 Å². The number of ether oxygens (including phenoxy) is 2. The van der Waals surface area contributed by atoms with E-state index in [2.05, 4.69) is 15.0 Å². The van der Waals surface area contributed by atoms with Gasteiger partial charge in [-0.2, -0.15) is 0 Å². The standard InChI is InChI=1S/C20H15N3O3/c1-2-25-18-10-6-3-7-14(18)19-23-17(20(24)26-19)11-13-12-21-15-8-4-5-9-16(15)22-13/h3-12H,2H2,1H3/b17-11-. The van der Waals surface area contributed by atoms with E-state index in [9.17, 15) is 4.79 Å². The molecule has 4 rings (SSSR count). The highest BCUT2D eigenvalue weighted by Gasteiger charge is 2.26. The molecule has 0 spiro atoms. The highest BCUT2D eigenvalue weighted by atomic mass is 16.6. The number of carbonyl (C=O) groups is 1. The van der Waals surface area contributed by atoms with E-state index in [4.69, 9.17) is 9.47 Å². The largest absolute Gasteiger partial charge is 0.493 e. The second-order valence-electron chi connectivity index (χ2n) is 5.55. The summed E-state index contributed by atoms with van der Waals surface area (Å²) < 4.78 is 10.9. The third-order valence-corrected chi connectivity index (χ3v) is 3.79. The van der Waals surface area contributed by atoms with E-state index in [0.29, 0.717) is 23.6 Å². The molecule has 1 aromatic heterocycles. The van der Waals surface area contributed by atoms with Crippen molar-refractivity contribution in [2.24, 2.45) is 4.99 Å². The lowest BCUT2D eigenvalue weighted by Gasteiger charge is -2.08. The number of aliphatic imine (C=N–C) groups is 1. The Hall–Kier alpha value is -3.54. The molecule has 0 saturated heterocycles. The van der Waals surface area contributed by atoms with Gasteiger partial charge >= 0.3 is 5.97 Å². The number of cyclic esters (lactones) is 1. The molecule has 26 heavy (non-hydrogen) atoms. The molecule has 0 fully saturated rings. The Balaban J connectivity index is 1.70. The van der Waals surface area contributed by atoms with Gasteiger partial charge in [0.2, 0.25) is 5.90 Å². The molecule has 0 amide bonds. The Morgan fingerprint density at radius 2 is 1.85 bits per heavy atom. The molecule has 0 N–H and O–H groups in total. The van der Waals surface area contributed by atoms with Crippen LogP contribution in [0.4, 0.5) is 0 Å². The lowest BCUT2D eigenvalue weighted by molar-refractivity contribution is -0.129. The van der Waals surface area contributed by atoms with Crippen molar-refractivity contribution in [3.63, 3.8) is 0 Å². The number of carbonyl (C=O) groups excluding carboxylic acids is 1. The van der Waals surface area contributed by atoms with Gasteiger partial charge in [-0.25, -0.2) is 14.8 Å². The van der Waals surface area contributed by atoms with Crippen LogP contribution in [0.5, 0.6) is 5.75 Å². The molecule has 1 aliphatic rings. The number of hydrogen-bond donors (Lipinski definition) is 0. The maximum atomic E-state index is 12.2. The molecule has 0 aliphatic carbocycles. The first-order valence-electron chi connectivity index (χ1n) is 8.21. The topological polar surface area (TPSA) is 73.7 Å². The Morgan fingerprint density at radius 3 is 2.69 bits per heavy atom. The summed E-state index contributed by atoms with van der Waals surface area (Å²) in [5, 5.41) is 0. The molecule has 6 heteroatoms. The van der Waals surface area contributed by atoms with Crippen LogP contribution in [-0.2, 0) is 9.53 Å². The number of nitrogens with zero attached hydrogens (tertiary/aromatic N) is 3. The van der Waals surface area contributed by atoms with Crippen molar-refractivity contribution in [1.29, 1.82) is 0 Å². The molecule has 0 bridgehead atoms. The van der Waals surface area contributed by atoms with Crippen LogP contribution in [0.15, 0.2) is 65.4 Å². The molecular formula is C20H15N3O3. The van der Waals surface area contributed by atoms with Crippen LogP contribution in [0.2, 0.25) is 0 Å².